The van der Waals surface area contributed by atoms with Crippen LogP contribution >= 0.6 is 15.9 Å². The maximum Gasteiger partial charge on any atom is 0.145 e. The maximum absolute atomic E-state index is 5.27. The van der Waals surface area contributed by atoms with Gasteiger partial charge in [-0.25, -0.2) is 9.97 Å². The van der Waals surface area contributed by atoms with Gasteiger partial charge in [0, 0.05) is 90.0 Å². The van der Waals surface area contributed by atoms with Gasteiger partial charge in [-0.05, 0) is 109 Å². The number of benzene rings is 8. The van der Waals surface area contributed by atoms with Crippen LogP contribution in [0.5, 0.6) is 0 Å². The van der Waals surface area contributed by atoms with E-state index in [0.29, 0.717) is 0 Å². The highest BCUT2D eigenvalue weighted by atomic mass is 79.9. The molecule has 0 saturated carbocycles. The number of aromatic amines is 1. The van der Waals surface area contributed by atoms with E-state index in [1.807, 2.05) is 91.5 Å². The van der Waals surface area contributed by atoms with Crippen LogP contribution in [0.3, 0.4) is 0 Å². The summed E-state index contributed by atoms with van der Waals surface area (Å²) < 4.78 is 7.94. The van der Waals surface area contributed by atoms with E-state index in [1.54, 1.807) is 0 Å². The van der Waals surface area contributed by atoms with Crippen molar-refractivity contribution in [2.75, 3.05) is 0 Å². The summed E-state index contributed by atoms with van der Waals surface area (Å²) in [4.78, 5) is 22.3. The first-order valence-corrected chi connectivity index (χ1v) is 23.5. The van der Waals surface area contributed by atoms with E-state index in [0.717, 1.165) is 88.3 Å². The third-order valence-electron chi connectivity index (χ3n) is 12.4. The minimum absolute atomic E-state index is 0.910. The van der Waals surface area contributed by atoms with Gasteiger partial charge in [-0.1, -0.05) is 125 Å². The van der Waals surface area contributed by atoms with Crippen molar-refractivity contribution in [3.63, 3.8) is 0 Å². The molecule has 0 aliphatic heterocycles. The molecule has 6 aromatic heterocycles. The van der Waals surface area contributed by atoms with Gasteiger partial charge >= 0.3 is 0 Å². The predicted octanol–water partition coefficient (Wildman–Crippen LogP) is 15.4. The molecule has 0 amide bonds. The highest BCUT2D eigenvalue weighted by Crippen LogP contribution is 2.40. The Balaban J connectivity index is 0.000000127. The molecule has 0 radical (unpaired) electrons. The Kier molecular flexibility index (Phi) is 10.9. The number of nitrogens with one attached hydrogen (secondary N) is 1. The number of aromatic nitrogens is 8. The predicted molar refractivity (Wildman–Crippen MR) is 286 cm³/mol. The number of pyridine rings is 2. The lowest BCUT2D eigenvalue weighted by Crippen LogP contribution is -1.97. The molecular formula is C60H41BrN8. The number of rotatable bonds is 5. The molecule has 0 bridgehead atoms. The van der Waals surface area contributed by atoms with Gasteiger partial charge < -0.3 is 9.55 Å². The molecular weight excluding hydrogens is 913 g/mol. The average molecular weight is 954 g/mol. The summed E-state index contributed by atoms with van der Waals surface area (Å²) in [5.41, 5.74) is 14.1. The van der Waals surface area contributed by atoms with Crippen LogP contribution in [0.15, 0.2) is 248 Å². The number of hydrogen-bond acceptors (Lipinski definition) is 4. The lowest BCUT2D eigenvalue weighted by molar-refractivity contribution is 1.10. The molecule has 0 atom stereocenters. The van der Waals surface area contributed by atoms with Gasteiger partial charge in [-0.2, -0.15) is 0 Å². The quantitative estimate of drug-likeness (QED) is 0.186. The van der Waals surface area contributed by atoms with Gasteiger partial charge in [0.05, 0.1) is 33.1 Å². The van der Waals surface area contributed by atoms with Crippen molar-refractivity contribution in [3.05, 3.63) is 248 Å². The van der Waals surface area contributed by atoms with Crippen LogP contribution in [0.4, 0.5) is 0 Å². The van der Waals surface area contributed by atoms with Crippen LogP contribution in [0.25, 0.3) is 106 Å². The van der Waals surface area contributed by atoms with E-state index in [1.165, 1.54) is 21.7 Å². The number of nitrogens with zero attached hydrogens (tertiary/aromatic N) is 7. The van der Waals surface area contributed by atoms with E-state index in [2.05, 4.69) is 196 Å². The number of fused-ring (bicyclic) bond motifs is 10. The molecule has 8 aromatic carbocycles. The molecule has 1 N–H and O–H groups in total. The Morgan fingerprint density at radius 1 is 0.333 bits per heavy atom. The highest BCUT2D eigenvalue weighted by Gasteiger charge is 2.22. The van der Waals surface area contributed by atoms with Crippen molar-refractivity contribution in [2.24, 2.45) is 0 Å². The summed E-state index contributed by atoms with van der Waals surface area (Å²) in [6, 6.07) is 75.1. The Morgan fingerprint density at radius 3 is 1.30 bits per heavy atom. The standard InChI is InChI=1S/C30H20N4.C24H16N4.C6H5Br/c1-3-9-22(10-4-1)33-25-14-8-7-13-24(25)28-26(33)15-16-27-29(28)32-30(21-17-19-31-20-18-21)34(27)23-11-5-2-6-12-23;1-2-6-17(7-3-1)28-21-11-10-20-22(18-8-4-5-9-19(18)26-20)23(21)27-24(28)16-12-14-25-15-13-16;7-6-4-2-1-3-5-6/h1-20H;1-15,26H;1-5H. The van der Waals surface area contributed by atoms with Crippen molar-refractivity contribution in [3.8, 4) is 39.8 Å². The molecule has 14 rings (SSSR count). The summed E-state index contributed by atoms with van der Waals surface area (Å²) in [5.74, 6) is 1.83. The molecule has 0 aliphatic rings. The molecule has 9 heteroatoms. The summed E-state index contributed by atoms with van der Waals surface area (Å²) in [6.45, 7) is 0. The van der Waals surface area contributed by atoms with Gasteiger partial charge in [-0.15, -0.1) is 0 Å². The largest absolute Gasteiger partial charge is 0.354 e. The Morgan fingerprint density at radius 2 is 0.768 bits per heavy atom. The van der Waals surface area contributed by atoms with Crippen molar-refractivity contribution in [1.82, 2.24) is 38.6 Å². The first-order chi connectivity index (χ1) is 34.2. The fourth-order valence-electron chi connectivity index (χ4n) is 9.41. The third-order valence-corrected chi connectivity index (χ3v) is 12.9. The average Bonchev–Trinajstić information content (AvgIpc) is 4.20. The Labute approximate surface area is 405 Å². The molecule has 8 nitrogen and oxygen atoms in total. The Hall–Kier alpha value is -8.92. The summed E-state index contributed by atoms with van der Waals surface area (Å²) in [7, 11) is 0. The summed E-state index contributed by atoms with van der Waals surface area (Å²) in [5, 5.41) is 4.73. The number of H-pyrrole nitrogens is 1. The van der Waals surface area contributed by atoms with E-state index in [9.17, 15) is 0 Å². The molecule has 69 heavy (non-hydrogen) atoms. The van der Waals surface area contributed by atoms with E-state index >= 15 is 0 Å². The van der Waals surface area contributed by atoms with Gasteiger partial charge in [-0.3, -0.25) is 19.1 Å². The SMILES string of the molecule is Brc1ccccc1.c1ccc(-n2c(-c3ccncc3)nc3c4c(ccc32)[nH]c2ccccc24)cc1.c1ccc(-n2c(-c3ccncc3)nc3c4c5ccccc5n(-c5ccccc5)c4ccc32)cc1. The molecule has 0 saturated heterocycles. The van der Waals surface area contributed by atoms with E-state index < -0.39 is 0 Å². The smallest absolute Gasteiger partial charge is 0.145 e. The lowest BCUT2D eigenvalue weighted by Gasteiger charge is -2.10. The Bertz CT molecular complexity index is 4050. The molecule has 0 unspecified atom stereocenters. The lowest BCUT2D eigenvalue weighted by atomic mass is 10.1. The molecule has 328 valence electrons. The number of hydrogen-bond donors (Lipinski definition) is 1. The summed E-state index contributed by atoms with van der Waals surface area (Å²) >= 11 is 3.31. The highest BCUT2D eigenvalue weighted by molar-refractivity contribution is 9.10. The molecule has 14 aromatic rings. The van der Waals surface area contributed by atoms with Gasteiger partial charge in [0.1, 0.15) is 11.6 Å². The maximum atomic E-state index is 5.27. The fraction of sp³-hybridized carbons (Fsp3) is 0. The number of halogens is 1. The molecule has 0 aliphatic carbocycles. The zero-order valence-electron chi connectivity index (χ0n) is 37.1. The van der Waals surface area contributed by atoms with Gasteiger partial charge in [0.25, 0.3) is 0 Å². The van der Waals surface area contributed by atoms with E-state index in [4.69, 9.17) is 9.97 Å². The normalized spacial score (nSPS) is 11.3. The minimum Gasteiger partial charge on any atom is -0.354 e. The van der Waals surface area contributed by atoms with Crippen molar-refractivity contribution in [2.45, 2.75) is 0 Å². The van der Waals surface area contributed by atoms with Crippen LogP contribution in [0.2, 0.25) is 0 Å². The van der Waals surface area contributed by atoms with Crippen LogP contribution in [-0.2, 0) is 0 Å². The second-order valence-corrected chi connectivity index (χ2v) is 17.4. The topological polar surface area (TPSA) is 82.1 Å². The number of para-hydroxylation sites is 5. The second-order valence-electron chi connectivity index (χ2n) is 16.5. The molecule has 0 spiro atoms. The van der Waals surface area contributed by atoms with Gasteiger partial charge in [0.15, 0.2) is 0 Å². The number of imidazole rings is 2. The minimum atomic E-state index is 0.910. The molecule has 6 heterocycles. The van der Waals surface area contributed by atoms with E-state index in [-0.39, 0.29) is 0 Å². The van der Waals surface area contributed by atoms with Crippen LogP contribution in [-0.4, -0.2) is 38.6 Å². The van der Waals surface area contributed by atoms with Crippen molar-refractivity contribution in [1.29, 1.82) is 0 Å². The van der Waals surface area contributed by atoms with Crippen LogP contribution in [0, 0.1) is 0 Å². The van der Waals surface area contributed by atoms with Crippen molar-refractivity contribution >= 4 is 81.6 Å². The van der Waals surface area contributed by atoms with Crippen LogP contribution in [0.1, 0.15) is 0 Å². The third kappa shape index (κ3) is 7.61. The first-order valence-electron chi connectivity index (χ1n) is 22.7. The zero-order valence-corrected chi connectivity index (χ0v) is 38.7. The monoisotopic (exact) mass is 952 g/mol. The fourth-order valence-corrected chi connectivity index (χ4v) is 9.71. The summed E-state index contributed by atoms with van der Waals surface area (Å²) in [6.07, 6.45) is 7.26. The van der Waals surface area contributed by atoms with Gasteiger partial charge in [0.2, 0.25) is 0 Å². The zero-order chi connectivity index (χ0) is 46.1. The molecule has 0 fully saturated rings. The van der Waals surface area contributed by atoms with Crippen LogP contribution < -0.4 is 0 Å². The first kappa shape index (κ1) is 41.5. The van der Waals surface area contributed by atoms with Crippen molar-refractivity contribution < 1.29 is 0 Å². The second kappa shape index (κ2) is 18.0.